The predicted molar refractivity (Wildman–Crippen MR) is 116 cm³/mol. The van der Waals surface area contributed by atoms with Gasteiger partial charge < -0.3 is 4.90 Å². The Kier molecular flexibility index (Phi) is 5.25. The molecule has 0 amide bonds. The number of anilines is 1. The summed E-state index contributed by atoms with van der Waals surface area (Å²) in [5.41, 5.74) is 2.78. The van der Waals surface area contributed by atoms with E-state index in [0.29, 0.717) is 23.9 Å². The lowest BCUT2D eigenvalue weighted by Gasteiger charge is -2.26. The summed E-state index contributed by atoms with van der Waals surface area (Å²) in [5.74, 6) is 1.35. The van der Waals surface area contributed by atoms with Crippen LogP contribution >= 0.6 is 0 Å². The van der Waals surface area contributed by atoms with E-state index in [1.807, 2.05) is 42.5 Å². The number of fused-ring (bicyclic) bond motifs is 1. The second-order valence-corrected chi connectivity index (χ2v) is 10.1. The van der Waals surface area contributed by atoms with Crippen LogP contribution in [0.25, 0.3) is 0 Å². The topological polar surface area (TPSA) is 66.5 Å². The fourth-order valence-corrected chi connectivity index (χ4v) is 5.82. The Hall–Kier alpha value is -2.18. The van der Waals surface area contributed by atoms with E-state index in [0.717, 1.165) is 31.6 Å². The molecule has 2 atom stereocenters. The van der Waals surface area contributed by atoms with Crippen LogP contribution in [0.15, 0.2) is 54.6 Å². The SMILES string of the molecule is CCC1(c2cccc(NS(C)(=O)=O)c2)C2CN(CCC(=O)c3ccccc3)CC21. The van der Waals surface area contributed by atoms with E-state index in [-0.39, 0.29) is 11.2 Å². The van der Waals surface area contributed by atoms with Crippen molar-refractivity contribution >= 4 is 21.5 Å². The molecule has 5 nitrogen and oxygen atoms in total. The van der Waals surface area contributed by atoms with Gasteiger partial charge in [-0.1, -0.05) is 49.4 Å². The minimum Gasteiger partial charge on any atom is -0.302 e. The first kappa shape index (κ1) is 20.1. The molecule has 6 heteroatoms. The number of hydrogen-bond donors (Lipinski definition) is 1. The molecule has 2 aromatic rings. The molecule has 1 aliphatic carbocycles. The Bertz CT molecular complexity index is 992. The Morgan fingerprint density at radius 3 is 2.41 bits per heavy atom. The number of likely N-dealkylation sites (tertiary alicyclic amines) is 1. The predicted octanol–water partition coefficient (Wildman–Crippen LogP) is 3.54. The van der Waals surface area contributed by atoms with Gasteiger partial charge in [0.25, 0.3) is 0 Å². The van der Waals surface area contributed by atoms with E-state index in [9.17, 15) is 13.2 Å². The number of carbonyl (C=O) groups is 1. The highest BCUT2D eigenvalue weighted by Gasteiger charge is 2.67. The number of Topliss-reactive ketones (excluding diaryl/α,β-unsaturated/α-hetero) is 1. The molecule has 29 heavy (non-hydrogen) atoms. The van der Waals surface area contributed by atoms with Crippen molar-refractivity contribution in [2.45, 2.75) is 25.2 Å². The number of nitrogens with one attached hydrogen (secondary N) is 1. The lowest BCUT2D eigenvalue weighted by Crippen LogP contribution is -2.31. The van der Waals surface area contributed by atoms with Crippen LogP contribution in [0.2, 0.25) is 0 Å². The van der Waals surface area contributed by atoms with Gasteiger partial charge >= 0.3 is 0 Å². The van der Waals surface area contributed by atoms with Crippen LogP contribution in [0.5, 0.6) is 0 Å². The van der Waals surface area contributed by atoms with Crippen molar-refractivity contribution in [2.24, 2.45) is 11.8 Å². The first-order valence-electron chi connectivity index (χ1n) is 10.2. The van der Waals surface area contributed by atoms with Crippen LogP contribution in [0.4, 0.5) is 5.69 Å². The maximum absolute atomic E-state index is 12.4. The van der Waals surface area contributed by atoms with Crippen molar-refractivity contribution in [3.8, 4) is 0 Å². The van der Waals surface area contributed by atoms with Crippen molar-refractivity contribution in [2.75, 3.05) is 30.6 Å². The van der Waals surface area contributed by atoms with Crippen molar-refractivity contribution in [3.05, 3.63) is 65.7 Å². The van der Waals surface area contributed by atoms with Gasteiger partial charge in [0.05, 0.1) is 6.26 Å². The second kappa shape index (κ2) is 7.58. The molecule has 2 fully saturated rings. The summed E-state index contributed by atoms with van der Waals surface area (Å²) in [6, 6.07) is 17.3. The van der Waals surface area contributed by atoms with Gasteiger partial charge in [0, 0.05) is 42.7 Å². The van der Waals surface area contributed by atoms with E-state index in [2.05, 4.69) is 22.6 Å². The minimum atomic E-state index is -3.28. The molecule has 2 aromatic carbocycles. The zero-order chi connectivity index (χ0) is 20.6. The van der Waals surface area contributed by atoms with Crippen LogP contribution in [0, 0.1) is 11.8 Å². The standard InChI is InChI=1S/C23H28N2O3S/c1-3-23(18-10-7-11-19(14-18)24-29(2,27)28)20-15-25(16-21(20)23)13-12-22(26)17-8-5-4-6-9-17/h4-11,14,20-21,24H,3,12-13,15-16H2,1-2H3. The van der Waals surface area contributed by atoms with Crippen LogP contribution in [-0.4, -0.2) is 45.0 Å². The number of sulfonamides is 1. The Morgan fingerprint density at radius 1 is 1.10 bits per heavy atom. The van der Waals surface area contributed by atoms with Gasteiger partial charge in [0.1, 0.15) is 0 Å². The van der Waals surface area contributed by atoms with E-state index < -0.39 is 10.0 Å². The summed E-state index contributed by atoms with van der Waals surface area (Å²) in [4.78, 5) is 14.8. The van der Waals surface area contributed by atoms with Crippen LogP contribution in [0.1, 0.15) is 35.7 Å². The molecule has 0 bridgehead atoms. The first-order valence-corrected chi connectivity index (χ1v) is 12.1. The van der Waals surface area contributed by atoms with Crippen LogP contribution < -0.4 is 4.72 Å². The lowest BCUT2D eigenvalue weighted by atomic mass is 9.87. The molecule has 4 rings (SSSR count). The number of piperidine rings is 1. The van der Waals surface area contributed by atoms with Crippen molar-refractivity contribution in [1.29, 1.82) is 0 Å². The second-order valence-electron chi connectivity index (χ2n) is 8.36. The van der Waals surface area contributed by atoms with Crippen molar-refractivity contribution in [1.82, 2.24) is 4.90 Å². The average Bonchev–Trinajstić information content (AvgIpc) is 3.08. The number of hydrogen-bond acceptors (Lipinski definition) is 4. The first-order chi connectivity index (χ1) is 13.8. The monoisotopic (exact) mass is 412 g/mol. The van der Waals surface area contributed by atoms with Gasteiger partial charge in [0.15, 0.2) is 5.78 Å². The van der Waals surface area contributed by atoms with Gasteiger partial charge in [0.2, 0.25) is 10.0 Å². The quantitative estimate of drug-likeness (QED) is 0.674. The third-order valence-corrected chi connectivity index (χ3v) is 7.26. The molecule has 1 heterocycles. The molecule has 1 saturated carbocycles. The fraction of sp³-hybridized carbons (Fsp3) is 0.435. The summed E-state index contributed by atoms with van der Waals surface area (Å²) in [6.07, 6.45) is 2.77. The number of carbonyl (C=O) groups excluding carboxylic acids is 1. The van der Waals surface area contributed by atoms with Crippen molar-refractivity contribution in [3.63, 3.8) is 0 Å². The van der Waals surface area contributed by atoms with E-state index in [1.165, 1.54) is 11.8 Å². The minimum absolute atomic E-state index is 0.134. The number of nitrogens with zero attached hydrogens (tertiary/aromatic N) is 1. The van der Waals surface area contributed by atoms with Gasteiger partial charge in [-0.25, -0.2) is 8.42 Å². The van der Waals surface area contributed by atoms with E-state index in [1.54, 1.807) is 6.07 Å². The zero-order valence-electron chi connectivity index (χ0n) is 17.0. The number of benzene rings is 2. The molecule has 154 valence electrons. The fourth-order valence-electron chi connectivity index (χ4n) is 5.27. The maximum atomic E-state index is 12.4. The molecule has 1 N–H and O–H groups in total. The normalized spacial score (nSPS) is 26.1. The summed E-state index contributed by atoms with van der Waals surface area (Å²) in [7, 11) is -3.28. The zero-order valence-corrected chi connectivity index (χ0v) is 17.8. The molecule has 2 unspecified atom stereocenters. The van der Waals surface area contributed by atoms with Crippen LogP contribution in [-0.2, 0) is 15.4 Å². The van der Waals surface area contributed by atoms with E-state index in [4.69, 9.17) is 0 Å². The average molecular weight is 413 g/mol. The van der Waals surface area contributed by atoms with Gasteiger partial charge in [-0.2, -0.15) is 0 Å². The maximum Gasteiger partial charge on any atom is 0.229 e. The molecule has 0 radical (unpaired) electrons. The third-order valence-electron chi connectivity index (χ3n) is 6.65. The highest BCUT2D eigenvalue weighted by atomic mass is 32.2. The molecule has 1 aliphatic heterocycles. The molecule has 0 aromatic heterocycles. The van der Waals surface area contributed by atoms with Gasteiger partial charge in [-0.15, -0.1) is 0 Å². The lowest BCUT2D eigenvalue weighted by molar-refractivity contribution is 0.0965. The molecular formula is C23H28N2O3S. The smallest absolute Gasteiger partial charge is 0.229 e. The summed E-state index contributed by atoms with van der Waals surface area (Å²) in [5, 5.41) is 0. The van der Waals surface area contributed by atoms with Crippen molar-refractivity contribution < 1.29 is 13.2 Å². The highest BCUT2D eigenvalue weighted by Crippen LogP contribution is 2.65. The van der Waals surface area contributed by atoms with E-state index >= 15 is 0 Å². The Morgan fingerprint density at radius 2 is 1.79 bits per heavy atom. The highest BCUT2D eigenvalue weighted by molar-refractivity contribution is 7.92. The summed E-state index contributed by atoms with van der Waals surface area (Å²) in [6.45, 7) is 5.03. The molecule has 2 aliphatic rings. The van der Waals surface area contributed by atoms with Crippen LogP contribution in [0.3, 0.4) is 0 Å². The summed E-state index contributed by atoms with van der Waals surface area (Å²) < 4.78 is 25.7. The Labute approximate surface area is 173 Å². The molecule has 1 saturated heterocycles. The van der Waals surface area contributed by atoms with Gasteiger partial charge in [-0.05, 0) is 36.0 Å². The Balaban J connectivity index is 1.39. The van der Waals surface area contributed by atoms with Gasteiger partial charge in [-0.3, -0.25) is 9.52 Å². The molecular weight excluding hydrogens is 384 g/mol. The summed E-state index contributed by atoms with van der Waals surface area (Å²) >= 11 is 0. The molecule has 0 spiro atoms. The number of ketones is 1. The third kappa shape index (κ3) is 3.96. The number of rotatable bonds is 8. The largest absolute Gasteiger partial charge is 0.302 e.